The van der Waals surface area contributed by atoms with Crippen molar-refractivity contribution in [3.05, 3.63) is 0 Å². The molecule has 0 radical (unpaired) electrons. The number of hydrogen-bond donors (Lipinski definition) is 2. The third kappa shape index (κ3) is 1.65. The summed E-state index contributed by atoms with van der Waals surface area (Å²) in [4.78, 5) is 24.6. The maximum atomic E-state index is 11.8. The van der Waals surface area contributed by atoms with E-state index in [1.807, 2.05) is 0 Å². The zero-order chi connectivity index (χ0) is 10.9. The van der Waals surface area contributed by atoms with Gasteiger partial charge in [0.1, 0.15) is 0 Å². The lowest BCUT2D eigenvalue weighted by Gasteiger charge is -2.25. The van der Waals surface area contributed by atoms with Gasteiger partial charge < -0.3 is 11.5 Å². The van der Waals surface area contributed by atoms with Crippen molar-refractivity contribution >= 4 is 11.8 Å². The number of rotatable bonds is 3. The highest BCUT2D eigenvalue weighted by Gasteiger charge is 2.46. The highest BCUT2D eigenvalue weighted by atomic mass is 16.2. The summed E-state index contributed by atoms with van der Waals surface area (Å²) in [5.41, 5.74) is 10.3. The molecule has 1 heterocycles. The zero-order valence-electron chi connectivity index (χ0n) is 8.62. The Hall–Kier alpha value is -0.940. The molecule has 5 nitrogen and oxygen atoms in total. The lowest BCUT2D eigenvalue weighted by molar-refractivity contribution is -0.143. The first-order valence-electron chi connectivity index (χ1n) is 4.70. The Labute approximate surface area is 83.4 Å². The molecule has 1 aliphatic rings. The summed E-state index contributed by atoms with van der Waals surface area (Å²) in [6.07, 6.45) is 0.252. The van der Waals surface area contributed by atoms with Crippen LogP contribution in [0.1, 0.15) is 20.3 Å². The smallest absolute Gasteiger partial charge is 0.235 e. The molecule has 1 fully saturated rings. The Morgan fingerprint density at radius 1 is 1.36 bits per heavy atom. The van der Waals surface area contributed by atoms with Gasteiger partial charge in [0.15, 0.2) is 0 Å². The van der Waals surface area contributed by atoms with Crippen LogP contribution in [0.15, 0.2) is 0 Å². The highest BCUT2D eigenvalue weighted by molar-refractivity contribution is 6.05. The van der Waals surface area contributed by atoms with Crippen LogP contribution in [0.25, 0.3) is 0 Å². The number of amides is 2. The van der Waals surface area contributed by atoms with Crippen LogP contribution in [0, 0.1) is 5.41 Å². The average molecular weight is 199 g/mol. The number of imide groups is 1. The fourth-order valence-corrected chi connectivity index (χ4v) is 1.65. The molecule has 0 atom stereocenters. The maximum Gasteiger partial charge on any atom is 0.235 e. The molecule has 0 aromatic rings. The van der Waals surface area contributed by atoms with Crippen LogP contribution in [-0.4, -0.2) is 35.8 Å². The first-order valence-corrected chi connectivity index (χ1v) is 4.70. The van der Waals surface area contributed by atoms with Gasteiger partial charge in [-0.05, 0) is 0 Å². The minimum absolute atomic E-state index is 0.164. The first-order chi connectivity index (χ1) is 6.44. The van der Waals surface area contributed by atoms with Crippen molar-refractivity contribution in [1.82, 2.24) is 4.90 Å². The molecule has 1 saturated heterocycles. The lowest BCUT2D eigenvalue weighted by Crippen LogP contribution is -2.49. The topological polar surface area (TPSA) is 89.4 Å². The summed E-state index contributed by atoms with van der Waals surface area (Å²) >= 11 is 0. The van der Waals surface area contributed by atoms with Crippen LogP contribution in [-0.2, 0) is 9.59 Å². The van der Waals surface area contributed by atoms with E-state index >= 15 is 0 Å². The molecule has 0 saturated carbocycles. The lowest BCUT2D eigenvalue weighted by atomic mass is 9.92. The summed E-state index contributed by atoms with van der Waals surface area (Å²) in [5, 5.41) is 0. The highest BCUT2D eigenvalue weighted by Crippen LogP contribution is 2.32. The van der Waals surface area contributed by atoms with Gasteiger partial charge in [0.05, 0.1) is 11.5 Å². The Bertz CT molecular complexity index is 259. The summed E-state index contributed by atoms with van der Waals surface area (Å²) in [6.45, 7) is 3.97. The van der Waals surface area contributed by atoms with Crippen LogP contribution >= 0.6 is 0 Å². The van der Waals surface area contributed by atoms with E-state index in [1.165, 1.54) is 4.90 Å². The first kappa shape index (κ1) is 11.1. The standard InChI is InChI=1S/C9H17N3O2/c1-9(2)3-7(13)12(8(9)14)6(4-10)5-11/h6H,3-5,10-11H2,1-2H3. The second-order valence-corrected chi connectivity index (χ2v) is 4.25. The summed E-state index contributed by atoms with van der Waals surface area (Å²) in [7, 11) is 0. The van der Waals surface area contributed by atoms with Crippen LogP contribution < -0.4 is 11.5 Å². The molecule has 14 heavy (non-hydrogen) atoms. The second-order valence-electron chi connectivity index (χ2n) is 4.25. The van der Waals surface area contributed by atoms with Gasteiger partial charge in [0, 0.05) is 19.5 Å². The molecule has 2 amide bonds. The van der Waals surface area contributed by atoms with E-state index in [4.69, 9.17) is 11.5 Å². The van der Waals surface area contributed by atoms with Crippen molar-refractivity contribution < 1.29 is 9.59 Å². The Morgan fingerprint density at radius 3 is 2.14 bits per heavy atom. The van der Waals surface area contributed by atoms with Crippen LogP contribution in [0.2, 0.25) is 0 Å². The minimum atomic E-state index is -0.598. The summed E-state index contributed by atoms with van der Waals surface area (Å²) in [6, 6.07) is -0.350. The normalized spacial score (nSPS) is 21.1. The molecule has 0 aromatic carbocycles. The number of carbonyl (C=O) groups is 2. The number of nitrogens with two attached hydrogens (primary N) is 2. The van der Waals surface area contributed by atoms with Gasteiger partial charge in [-0.1, -0.05) is 13.8 Å². The van der Waals surface area contributed by atoms with Crippen LogP contribution in [0.5, 0.6) is 0 Å². The molecule has 0 unspecified atom stereocenters. The van der Waals surface area contributed by atoms with E-state index in [0.717, 1.165) is 0 Å². The number of nitrogens with zero attached hydrogens (tertiary/aromatic N) is 1. The fraction of sp³-hybridized carbons (Fsp3) is 0.778. The van der Waals surface area contributed by atoms with Gasteiger partial charge in [-0.3, -0.25) is 14.5 Å². The SMILES string of the molecule is CC1(C)CC(=O)N(C(CN)CN)C1=O. The predicted molar refractivity (Wildman–Crippen MR) is 52.1 cm³/mol. The van der Waals surface area contributed by atoms with E-state index in [9.17, 15) is 9.59 Å². The summed E-state index contributed by atoms with van der Waals surface area (Å²) < 4.78 is 0. The quantitative estimate of drug-likeness (QED) is 0.574. The molecule has 0 aromatic heterocycles. The molecule has 1 rings (SSSR count). The third-order valence-electron chi connectivity index (χ3n) is 2.57. The molecule has 0 spiro atoms. The van der Waals surface area contributed by atoms with Crippen molar-refractivity contribution in [2.24, 2.45) is 16.9 Å². The third-order valence-corrected chi connectivity index (χ3v) is 2.57. The molecule has 0 aliphatic carbocycles. The van der Waals surface area contributed by atoms with Crippen molar-refractivity contribution in [2.75, 3.05) is 13.1 Å². The van der Waals surface area contributed by atoms with E-state index in [1.54, 1.807) is 13.8 Å². The fourth-order valence-electron chi connectivity index (χ4n) is 1.65. The molecular weight excluding hydrogens is 182 g/mol. The largest absolute Gasteiger partial charge is 0.328 e. The Morgan fingerprint density at radius 2 is 1.86 bits per heavy atom. The van der Waals surface area contributed by atoms with Crippen molar-refractivity contribution in [1.29, 1.82) is 0 Å². The Kier molecular flexibility index (Phi) is 2.92. The zero-order valence-corrected chi connectivity index (χ0v) is 8.62. The maximum absolute atomic E-state index is 11.8. The Balaban J connectivity index is 2.90. The van der Waals surface area contributed by atoms with Crippen molar-refractivity contribution in [2.45, 2.75) is 26.3 Å². The second kappa shape index (κ2) is 3.67. The van der Waals surface area contributed by atoms with Crippen LogP contribution in [0.3, 0.4) is 0 Å². The number of carbonyl (C=O) groups excluding carboxylic acids is 2. The van der Waals surface area contributed by atoms with Gasteiger partial charge in [-0.25, -0.2) is 0 Å². The molecule has 5 heteroatoms. The molecule has 1 aliphatic heterocycles. The molecule has 0 bridgehead atoms. The van der Waals surface area contributed by atoms with Gasteiger partial charge >= 0.3 is 0 Å². The van der Waals surface area contributed by atoms with Gasteiger partial charge in [0.2, 0.25) is 11.8 Å². The van der Waals surface area contributed by atoms with E-state index in [-0.39, 0.29) is 37.4 Å². The van der Waals surface area contributed by atoms with Crippen molar-refractivity contribution in [3.8, 4) is 0 Å². The number of likely N-dealkylation sites (tertiary alicyclic amines) is 1. The van der Waals surface area contributed by atoms with Gasteiger partial charge in [0.25, 0.3) is 0 Å². The molecule has 4 N–H and O–H groups in total. The molecule has 80 valence electrons. The van der Waals surface area contributed by atoms with Gasteiger partial charge in [-0.2, -0.15) is 0 Å². The van der Waals surface area contributed by atoms with E-state index in [2.05, 4.69) is 0 Å². The average Bonchev–Trinajstić information content (AvgIpc) is 2.29. The summed E-state index contributed by atoms with van der Waals surface area (Å²) in [5.74, 6) is -0.329. The minimum Gasteiger partial charge on any atom is -0.328 e. The van der Waals surface area contributed by atoms with Gasteiger partial charge in [-0.15, -0.1) is 0 Å². The van der Waals surface area contributed by atoms with Crippen molar-refractivity contribution in [3.63, 3.8) is 0 Å². The van der Waals surface area contributed by atoms with Crippen LogP contribution in [0.4, 0.5) is 0 Å². The molecular formula is C9H17N3O2. The predicted octanol–water partition coefficient (Wildman–Crippen LogP) is -0.942. The number of hydrogen-bond acceptors (Lipinski definition) is 4. The van der Waals surface area contributed by atoms with E-state index in [0.29, 0.717) is 0 Å². The van der Waals surface area contributed by atoms with E-state index < -0.39 is 5.41 Å². The monoisotopic (exact) mass is 199 g/mol.